The van der Waals surface area contributed by atoms with Crippen LogP contribution in [0.5, 0.6) is 0 Å². The van der Waals surface area contributed by atoms with Crippen LogP contribution >= 0.6 is 11.3 Å². The standard InChI is InChI=1S/C13H19N5O2S/c19-11-4-2-5-17(11)7-10-3-1-6-18(8-10)13(20)15-12-16-14-9-21-12/h9-10H,1-8H2,(H,15,16,20)/t10-/m0/s1. The van der Waals surface area contributed by atoms with Gasteiger partial charge >= 0.3 is 6.03 Å². The van der Waals surface area contributed by atoms with Crippen molar-refractivity contribution in [3.63, 3.8) is 0 Å². The van der Waals surface area contributed by atoms with Crippen molar-refractivity contribution >= 4 is 28.4 Å². The number of nitrogens with one attached hydrogen (secondary N) is 1. The molecular formula is C13H19N5O2S. The molecule has 7 nitrogen and oxygen atoms in total. The van der Waals surface area contributed by atoms with E-state index >= 15 is 0 Å². The highest BCUT2D eigenvalue weighted by Crippen LogP contribution is 2.21. The molecule has 1 aromatic rings. The van der Waals surface area contributed by atoms with Gasteiger partial charge in [-0.3, -0.25) is 10.1 Å². The number of amides is 3. The van der Waals surface area contributed by atoms with E-state index in [4.69, 9.17) is 0 Å². The molecule has 0 aromatic carbocycles. The minimum absolute atomic E-state index is 0.121. The van der Waals surface area contributed by atoms with Gasteiger partial charge in [-0.2, -0.15) is 0 Å². The lowest BCUT2D eigenvalue weighted by atomic mass is 9.98. The van der Waals surface area contributed by atoms with Crippen molar-refractivity contribution < 1.29 is 9.59 Å². The second-order valence-corrected chi connectivity index (χ2v) is 6.40. The predicted octanol–water partition coefficient (Wildman–Crippen LogP) is 1.40. The molecule has 2 aliphatic heterocycles. The van der Waals surface area contributed by atoms with Crippen LogP contribution in [-0.4, -0.2) is 58.1 Å². The Morgan fingerprint density at radius 1 is 1.43 bits per heavy atom. The van der Waals surface area contributed by atoms with E-state index in [2.05, 4.69) is 15.5 Å². The minimum Gasteiger partial charge on any atom is -0.342 e. The van der Waals surface area contributed by atoms with Crippen LogP contribution in [0.3, 0.4) is 0 Å². The van der Waals surface area contributed by atoms with Gasteiger partial charge in [-0.1, -0.05) is 11.3 Å². The first-order chi connectivity index (χ1) is 10.2. The fourth-order valence-electron chi connectivity index (χ4n) is 3.01. The normalized spacial score (nSPS) is 22.7. The fourth-order valence-corrected chi connectivity index (χ4v) is 3.44. The summed E-state index contributed by atoms with van der Waals surface area (Å²) in [5.41, 5.74) is 1.59. The summed E-state index contributed by atoms with van der Waals surface area (Å²) in [7, 11) is 0. The van der Waals surface area contributed by atoms with E-state index in [9.17, 15) is 9.59 Å². The van der Waals surface area contributed by atoms with Crippen molar-refractivity contribution in [2.45, 2.75) is 25.7 Å². The molecular weight excluding hydrogens is 290 g/mol. The van der Waals surface area contributed by atoms with Crippen LogP contribution in [0.15, 0.2) is 5.51 Å². The van der Waals surface area contributed by atoms with Gasteiger partial charge in [0.1, 0.15) is 5.51 Å². The molecule has 114 valence electrons. The summed E-state index contributed by atoms with van der Waals surface area (Å²) in [6, 6.07) is -0.121. The summed E-state index contributed by atoms with van der Waals surface area (Å²) in [6.45, 7) is 3.11. The number of nitrogens with zero attached hydrogens (tertiary/aromatic N) is 4. The van der Waals surface area contributed by atoms with Gasteiger partial charge in [0.15, 0.2) is 0 Å². The molecule has 3 amide bonds. The van der Waals surface area contributed by atoms with E-state index in [1.54, 1.807) is 5.51 Å². The fraction of sp³-hybridized carbons (Fsp3) is 0.692. The number of likely N-dealkylation sites (tertiary alicyclic amines) is 2. The van der Waals surface area contributed by atoms with Gasteiger partial charge in [-0.25, -0.2) is 4.79 Å². The third-order valence-electron chi connectivity index (χ3n) is 4.03. The molecule has 1 aromatic heterocycles. The highest BCUT2D eigenvalue weighted by molar-refractivity contribution is 7.13. The molecule has 2 saturated heterocycles. The van der Waals surface area contributed by atoms with Gasteiger partial charge in [-0.05, 0) is 25.2 Å². The SMILES string of the molecule is O=C1CCCN1C[C@@H]1CCCN(C(=O)Nc2nncs2)C1. The Morgan fingerprint density at radius 3 is 3.05 bits per heavy atom. The quantitative estimate of drug-likeness (QED) is 0.915. The van der Waals surface area contributed by atoms with Crippen molar-refractivity contribution in [3.8, 4) is 0 Å². The number of carbonyl (C=O) groups is 2. The molecule has 1 N–H and O–H groups in total. The van der Waals surface area contributed by atoms with E-state index in [1.807, 2.05) is 9.80 Å². The smallest absolute Gasteiger partial charge is 0.323 e. The van der Waals surface area contributed by atoms with E-state index in [-0.39, 0.29) is 11.9 Å². The Hall–Kier alpha value is -1.70. The zero-order chi connectivity index (χ0) is 14.7. The molecule has 3 heterocycles. The topological polar surface area (TPSA) is 78.4 Å². The molecule has 0 aliphatic carbocycles. The van der Waals surface area contributed by atoms with Crippen molar-refractivity contribution in [1.82, 2.24) is 20.0 Å². The van der Waals surface area contributed by atoms with E-state index < -0.39 is 0 Å². The Labute approximate surface area is 127 Å². The third-order valence-corrected chi connectivity index (χ3v) is 4.64. The Balaban J connectivity index is 1.52. The number of hydrogen-bond acceptors (Lipinski definition) is 5. The van der Waals surface area contributed by atoms with Crippen molar-refractivity contribution in [3.05, 3.63) is 5.51 Å². The summed E-state index contributed by atoms with van der Waals surface area (Å²) < 4.78 is 0. The third kappa shape index (κ3) is 3.49. The molecule has 0 unspecified atom stereocenters. The highest BCUT2D eigenvalue weighted by Gasteiger charge is 2.28. The Kier molecular flexibility index (Phi) is 4.33. The van der Waals surface area contributed by atoms with Gasteiger partial charge in [-0.15, -0.1) is 10.2 Å². The molecule has 8 heteroatoms. The number of urea groups is 1. The summed E-state index contributed by atoms with van der Waals surface area (Å²) >= 11 is 1.31. The maximum Gasteiger partial charge on any atom is 0.323 e. The Bertz CT molecular complexity index is 507. The van der Waals surface area contributed by atoms with Gasteiger partial charge < -0.3 is 9.80 Å². The summed E-state index contributed by atoms with van der Waals surface area (Å²) in [5.74, 6) is 0.631. The van der Waals surface area contributed by atoms with Crippen LogP contribution < -0.4 is 5.32 Å². The largest absolute Gasteiger partial charge is 0.342 e. The Morgan fingerprint density at radius 2 is 2.33 bits per heavy atom. The molecule has 3 rings (SSSR count). The second kappa shape index (κ2) is 6.38. The molecule has 1 atom stereocenters. The van der Waals surface area contributed by atoms with E-state index in [1.165, 1.54) is 11.3 Å². The molecule has 0 spiro atoms. The van der Waals surface area contributed by atoms with Crippen LogP contribution in [0.25, 0.3) is 0 Å². The molecule has 0 bridgehead atoms. The van der Waals surface area contributed by atoms with Gasteiger partial charge in [0.05, 0.1) is 0 Å². The minimum atomic E-state index is -0.121. The molecule has 0 radical (unpaired) electrons. The predicted molar refractivity (Wildman–Crippen MR) is 79.0 cm³/mol. The molecule has 2 fully saturated rings. The first-order valence-corrected chi connectivity index (χ1v) is 8.20. The average Bonchev–Trinajstić information content (AvgIpc) is 3.12. The number of carbonyl (C=O) groups excluding carboxylic acids is 2. The lowest BCUT2D eigenvalue weighted by molar-refractivity contribution is -0.128. The van der Waals surface area contributed by atoms with Crippen LogP contribution in [-0.2, 0) is 4.79 Å². The van der Waals surface area contributed by atoms with E-state index in [0.717, 1.165) is 38.9 Å². The second-order valence-electron chi connectivity index (χ2n) is 5.57. The average molecular weight is 309 g/mol. The maximum atomic E-state index is 12.2. The first-order valence-electron chi connectivity index (χ1n) is 7.32. The summed E-state index contributed by atoms with van der Waals surface area (Å²) in [4.78, 5) is 27.6. The summed E-state index contributed by atoms with van der Waals surface area (Å²) in [6.07, 6.45) is 3.70. The maximum absolute atomic E-state index is 12.2. The lowest BCUT2D eigenvalue weighted by Crippen LogP contribution is -2.45. The zero-order valence-electron chi connectivity index (χ0n) is 11.8. The van der Waals surface area contributed by atoms with Crippen LogP contribution in [0.2, 0.25) is 0 Å². The van der Waals surface area contributed by atoms with Crippen molar-refractivity contribution in [2.24, 2.45) is 5.92 Å². The highest BCUT2D eigenvalue weighted by atomic mass is 32.1. The number of anilines is 1. The summed E-state index contributed by atoms with van der Waals surface area (Å²) in [5, 5.41) is 10.8. The molecule has 2 aliphatic rings. The van der Waals surface area contributed by atoms with Gasteiger partial charge in [0.25, 0.3) is 0 Å². The van der Waals surface area contributed by atoms with Gasteiger partial charge in [0, 0.05) is 32.6 Å². The monoisotopic (exact) mass is 309 g/mol. The van der Waals surface area contributed by atoms with E-state index in [0.29, 0.717) is 24.0 Å². The first kappa shape index (κ1) is 14.2. The number of rotatable bonds is 3. The lowest BCUT2D eigenvalue weighted by Gasteiger charge is -2.34. The number of piperidine rings is 1. The van der Waals surface area contributed by atoms with Crippen LogP contribution in [0.1, 0.15) is 25.7 Å². The molecule has 21 heavy (non-hydrogen) atoms. The van der Waals surface area contributed by atoms with Gasteiger partial charge in [0.2, 0.25) is 11.0 Å². The van der Waals surface area contributed by atoms with Crippen LogP contribution in [0, 0.1) is 5.92 Å². The van der Waals surface area contributed by atoms with Crippen molar-refractivity contribution in [2.75, 3.05) is 31.5 Å². The van der Waals surface area contributed by atoms with Crippen molar-refractivity contribution in [1.29, 1.82) is 0 Å². The number of hydrogen-bond donors (Lipinski definition) is 1. The molecule has 0 saturated carbocycles. The number of aromatic nitrogens is 2. The van der Waals surface area contributed by atoms with Crippen LogP contribution in [0.4, 0.5) is 9.93 Å². The zero-order valence-corrected chi connectivity index (χ0v) is 12.6.